The molecule has 2 rings (SSSR count). The van der Waals surface area contributed by atoms with Crippen LogP contribution >= 0.6 is 11.3 Å². The standard InChI is InChI=1S/C14H17N3OS/c1-11-13(19-10-17-11)8-15-9-14(18)16-7-12-5-3-2-4-6-12/h2-6,10,15H,7-9H2,1H3,(H,16,18). The maximum Gasteiger partial charge on any atom is 0.234 e. The topological polar surface area (TPSA) is 54.0 Å². The minimum atomic E-state index is 0.00558. The Morgan fingerprint density at radius 2 is 2.05 bits per heavy atom. The number of nitrogens with zero attached hydrogens (tertiary/aromatic N) is 1. The van der Waals surface area contributed by atoms with Crippen molar-refractivity contribution in [3.63, 3.8) is 0 Å². The SMILES string of the molecule is Cc1ncsc1CNCC(=O)NCc1ccccc1. The highest BCUT2D eigenvalue weighted by molar-refractivity contribution is 7.09. The molecule has 1 aromatic heterocycles. The molecule has 0 fully saturated rings. The Balaban J connectivity index is 1.66. The van der Waals surface area contributed by atoms with Crippen LogP contribution in [-0.4, -0.2) is 17.4 Å². The molecule has 0 bridgehead atoms. The summed E-state index contributed by atoms with van der Waals surface area (Å²) in [5.74, 6) is 0.00558. The second kappa shape index (κ2) is 7.01. The first kappa shape index (κ1) is 13.7. The molecule has 0 atom stereocenters. The first-order valence-electron chi connectivity index (χ1n) is 6.16. The largest absolute Gasteiger partial charge is 0.351 e. The number of amides is 1. The van der Waals surface area contributed by atoms with Gasteiger partial charge in [0.25, 0.3) is 0 Å². The van der Waals surface area contributed by atoms with E-state index < -0.39 is 0 Å². The van der Waals surface area contributed by atoms with Crippen LogP contribution in [0.2, 0.25) is 0 Å². The van der Waals surface area contributed by atoms with Gasteiger partial charge in [-0.2, -0.15) is 0 Å². The Morgan fingerprint density at radius 3 is 2.74 bits per heavy atom. The summed E-state index contributed by atoms with van der Waals surface area (Å²) in [4.78, 5) is 17.0. The minimum Gasteiger partial charge on any atom is -0.351 e. The quantitative estimate of drug-likeness (QED) is 0.846. The van der Waals surface area contributed by atoms with Crippen molar-refractivity contribution < 1.29 is 4.79 Å². The van der Waals surface area contributed by atoms with Crippen molar-refractivity contribution in [2.75, 3.05) is 6.54 Å². The second-order valence-corrected chi connectivity index (χ2v) is 5.17. The third kappa shape index (κ3) is 4.46. The van der Waals surface area contributed by atoms with Crippen LogP contribution in [0.4, 0.5) is 0 Å². The number of carbonyl (C=O) groups excluding carboxylic acids is 1. The van der Waals surface area contributed by atoms with Crippen LogP contribution in [0.1, 0.15) is 16.1 Å². The molecule has 0 spiro atoms. The fourth-order valence-electron chi connectivity index (χ4n) is 1.64. The van der Waals surface area contributed by atoms with Crippen LogP contribution in [0, 0.1) is 6.92 Å². The Hall–Kier alpha value is -1.72. The van der Waals surface area contributed by atoms with Gasteiger partial charge in [-0.3, -0.25) is 4.79 Å². The summed E-state index contributed by atoms with van der Waals surface area (Å²) in [5, 5.41) is 6.00. The molecule has 2 aromatic rings. The van der Waals surface area contributed by atoms with Crippen molar-refractivity contribution in [2.45, 2.75) is 20.0 Å². The Kier molecular flexibility index (Phi) is 5.06. The number of hydrogen-bond acceptors (Lipinski definition) is 4. The van der Waals surface area contributed by atoms with Crippen molar-refractivity contribution >= 4 is 17.2 Å². The normalized spacial score (nSPS) is 10.4. The van der Waals surface area contributed by atoms with Crippen LogP contribution in [0.3, 0.4) is 0 Å². The second-order valence-electron chi connectivity index (χ2n) is 4.23. The summed E-state index contributed by atoms with van der Waals surface area (Å²) in [7, 11) is 0. The van der Waals surface area contributed by atoms with Crippen molar-refractivity contribution in [1.82, 2.24) is 15.6 Å². The number of carbonyl (C=O) groups is 1. The van der Waals surface area contributed by atoms with E-state index in [2.05, 4.69) is 15.6 Å². The lowest BCUT2D eigenvalue weighted by atomic mass is 10.2. The lowest BCUT2D eigenvalue weighted by Gasteiger charge is -2.06. The van der Waals surface area contributed by atoms with Gasteiger partial charge in [-0.05, 0) is 12.5 Å². The third-order valence-corrected chi connectivity index (χ3v) is 3.68. The molecule has 1 aromatic carbocycles. The van der Waals surface area contributed by atoms with E-state index in [1.165, 1.54) is 4.88 Å². The van der Waals surface area contributed by atoms with Crippen LogP contribution in [0.15, 0.2) is 35.8 Å². The molecule has 100 valence electrons. The highest BCUT2D eigenvalue weighted by Gasteiger charge is 2.03. The van der Waals surface area contributed by atoms with Crippen LogP contribution in [0.25, 0.3) is 0 Å². The molecule has 5 heteroatoms. The van der Waals surface area contributed by atoms with Crippen molar-refractivity contribution in [3.8, 4) is 0 Å². The molecule has 1 amide bonds. The lowest BCUT2D eigenvalue weighted by molar-refractivity contribution is -0.120. The fraction of sp³-hybridized carbons (Fsp3) is 0.286. The zero-order chi connectivity index (χ0) is 13.5. The van der Waals surface area contributed by atoms with Gasteiger partial charge in [0.15, 0.2) is 0 Å². The fourth-order valence-corrected chi connectivity index (χ4v) is 2.39. The number of rotatable bonds is 6. The molecular formula is C14H17N3OS. The molecule has 0 radical (unpaired) electrons. The summed E-state index contributed by atoms with van der Waals surface area (Å²) in [6.45, 7) is 3.56. The smallest absolute Gasteiger partial charge is 0.234 e. The summed E-state index contributed by atoms with van der Waals surface area (Å²) < 4.78 is 0. The number of hydrogen-bond donors (Lipinski definition) is 2. The van der Waals surface area contributed by atoms with E-state index >= 15 is 0 Å². The molecular weight excluding hydrogens is 258 g/mol. The molecule has 4 nitrogen and oxygen atoms in total. The number of nitrogens with one attached hydrogen (secondary N) is 2. The first-order valence-corrected chi connectivity index (χ1v) is 7.04. The minimum absolute atomic E-state index is 0.00558. The van der Waals surface area contributed by atoms with E-state index in [4.69, 9.17) is 0 Å². The highest BCUT2D eigenvalue weighted by atomic mass is 32.1. The molecule has 0 aliphatic carbocycles. The Morgan fingerprint density at radius 1 is 1.26 bits per heavy atom. The molecule has 0 unspecified atom stereocenters. The van der Waals surface area contributed by atoms with Crippen LogP contribution < -0.4 is 10.6 Å². The molecule has 2 N–H and O–H groups in total. The van der Waals surface area contributed by atoms with Gasteiger partial charge in [-0.1, -0.05) is 30.3 Å². The van der Waals surface area contributed by atoms with Crippen LogP contribution in [-0.2, 0) is 17.9 Å². The molecule has 0 aliphatic heterocycles. The van der Waals surface area contributed by atoms with E-state index in [0.29, 0.717) is 19.6 Å². The summed E-state index contributed by atoms with van der Waals surface area (Å²) in [5.41, 5.74) is 3.96. The lowest BCUT2D eigenvalue weighted by Crippen LogP contribution is -2.33. The molecule has 1 heterocycles. The van der Waals surface area contributed by atoms with Gasteiger partial charge in [0.1, 0.15) is 0 Å². The average molecular weight is 275 g/mol. The van der Waals surface area contributed by atoms with E-state index in [0.717, 1.165) is 11.3 Å². The van der Waals surface area contributed by atoms with Gasteiger partial charge < -0.3 is 10.6 Å². The van der Waals surface area contributed by atoms with E-state index in [9.17, 15) is 4.79 Å². The first-order chi connectivity index (χ1) is 9.25. The van der Waals surface area contributed by atoms with Gasteiger partial charge >= 0.3 is 0 Å². The monoisotopic (exact) mass is 275 g/mol. The Labute approximate surface area is 116 Å². The molecule has 0 saturated carbocycles. The van der Waals surface area contributed by atoms with Crippen molar-refractivity contribution in [2.24, 2.45) is 0 Å². The van der Waals surface area contributed by atoms with E-state index in [-0.39, 0.29) is 5.91 Å². The van der Waals surface area contributed by atoms with E-state index in [1.807, 2.05) is 42.8 Å². The predicted octanol–water partition coefficient (Wildman–Crippen LogP) is 1.86. The maximum absolute atomic E-state index is 11.6. The van der Waals surface area contributed by atoms with Gasteiger partial charge in [-0.25, -0.2) is 4.98 Å². The predicted molar refractivity (Wildman–Crippen MR) is 76.8 cm³/mol. The molecule has 19 heavy (non-hydrogen) atoms. The van der Waals surface area contributed by atoms with Crippen molar-refractivity contribution in [1.29, 1.82) is 0 Å². The molecule has 0 saturated heterocycles. The maximum atomic E-state index is 11.6. The summed E-state index contributed by atoms with van der Waals surface area (Å²) >= 11 is 1.61. The van der Waals surface area contributed by atoms with Gasteiger partial charge in [-0.15, -0.1) is 11.3 Å². The van der Waals surface area contributed by atoms with Gasteiger partial charge in [0, 0.05) is 18.0 Å². The van der Waals surface area contributed by atoms with Gasteiger partial charge in [0.05, 0.1) is 17.7 Å². The molecule has 0 aliphatic rings. The number of aryl methyl sites for hydroxylation is 1. The number of thiazole rings is 1. The zero-order valence-corrected chi connectivity index (χ0v) is 11.7. The van der Waals surface area contributed by atoms with Crippen LogP contribution in [0.5, 0.6) is 0 Å². The summed E-state index contributed by atoms with van der Waals surface area (Å²) in [6.07, 6.45) is 0. The number of aromatic nitrogens is 1. The Bertz CT molecular complexity index is 524. The summed E-state index contributed by atoms with van der Waals surface area (Å²) in [6, 6.07) is 9.88. The third-order valence-electron chi connectivity index (χ3n) is 2.75. The van der Waals surface area contributed by atoms with Crippen molar-refractivity contribution in [3.05, 3.63) is 52.0 Å². The van der Waals surface area contributed by atoms with Gasteiger partial charge in [0.2, 0.25) is 5.91 Å². The number of benzene rings is 1. The zero-order valence-electron chi connectivity index (χ0n) is 10.8. The average Bonchev–Trinajstić information content (AvgIpc) is 2.83. The highest BCUT2D eigenvalue weighted by Crippen LogP contribution is 2.10. The van der Waals surface area contributed by atoms with E-state index in [1.54, 1.807) is 11.3 Å².